The van der Waals surface area contributed by atoms with Crippen molar-refractivity contribution in [2.75, 3.05) is 12.3 Å². The van der Waals surface area contributed by atoms with E-state index >= 15 is 0 Å². The summed E-state index contributed by atoms with van der Waals surface area (Å²) in [5.74, 6) is 0. The van der Waals surface area contributed by atoms with Crippen molar-refractivity contribution in [2.24, 2.45) is 5.41 Å². The highest BCUT2D eigenvalue weighted by molar-refractivity contribution is 5.40. The third kappa shape index (κ3) is 5.43. The first-order valence-electron chi connectivity index (χ1n) is 5.52. The van der Waals surface area contributed by atoms with Crippen LogP contribution in [0, 0.1) is 5.41 Å². The number of nitrogen functional groups attached to an aromatic ring is 1. The molecule has 0 saturated heterocycles. The largest absolute Gasteiger partial charge is 0.399 e. The van der Waals surface area contributed by atoms with Crippen LogP contribution in [-0.2, 0) is 6.54 Å². The SMILES string of the molecule is CC(C)(C)CCNCc1cccc(N)c1. The summed E-state index contributed by atoms with van der Waals surface area (Å²) in [4.78, 5) is 0. The maximum absolute atomic E-state index is 5.70. The topological polar surface area (TPSA) is 38.0 Å². The molecule has 1 aromatic rings. The van der Waals surface area contributed by atoms with Gasteiger partial charge >= 0.3 is 0 Å². The number of nitrogens with two attached hydrogens (primary N) is 1. The van der Waals surface area contributed by atoms with E-state index in [1.807, 2.05) is 18.2 Å². The van der Waals surface area contributed by atoms with Gasteiger partial charge in [-0.15, -0.1) is 0 Å². The maximum Gasteiger partial charge on any atom is 0.0317 e. The standard InChI is InChI=1S/C13H22N2/c1-13(2,3)7-8-15-10-11-5-4-6-12(14)9-11/h4-6,9,15H,7-8,10,14H2,1-3H3. The predicted molar refractivity (Wildman–Crippen MR) is 66.6 cm³/mol. The first-order chi connectivity index (χ1) is 6.97. The number of anilines is 1. The Balaban J connectivity index is 2.26. The van der Waals surface area contributed by atoms with Crippen LogP contribution >= 0.6 is 0 Å². The quantitative estimate of drug-likeness (QED) is 0.587. The fourth-order valence-corrected chi connectivity index (χ4v) is 1.40. The summed E-state index contributed by atoms with van der Waals surface area (Å²) in [6.07, 6.45) is 1.19. The minimum atomic E-state index is 0.405. The Kier molecular flexibility index (Phi) is 4.15. The van der Waals surface area contributed by atoms with Crippen LogP contribution < -0.4 is 11.1 Å². The first kappa shape index (κ1) is 12.1. The van der Waals surface area contributed by atoms with Crippen molar-refractivity contribution < 1.29 is 0 Å². The van der Waals surface area contributed by atoms with Crippen LogP contribution in [0.4, 0.5) is 5.69 Å². The van der Waals surface area contributed by atoms with E-state index in [0.717, 1.165) is 18.8 Å². The molecule has 0 aliphatic heterocycles. The smallest absolute Gasteiger partial charge is 0.0317 e. The third-order valence-electron chi connectivity index (χ3n) is 2.33. The molecule has 2 nitrogen and oxygen atoms in total. The van der Waals surface area contributed by atoms with Gasteiger partial charge in [0.25, 0.3) is 0 Å². The fourth-order valence-electron chi connectivity index (χ4n) is 1.40. The van der Waals surface area contributed by atoms with Crippen molar-refractivity contribution >= 4 is 5.69 Å². The highest BCUT2D eigenvalue weighted by Gasteiger charge is 2.08. The van der Waals surface area contributed by atoms with Gasteiger partial charge in [-0.1, -0.05) is 32.9 Å². The van der Waals surface area contributed by atoms with Gasteiger partial charge in [-0.3, -0.25) is 0 Å². The predicted octanol–water partition coefficient (Wildman–Crippen LogP) is 2.79. The number of benzene rings is 1. The van der Waals surface area contributed by atoms with Gasteiger partial charge in [-0.25, -0.2) is 0 Å². The zero-order valence-electron chi connectivity index (χ0n) is 10.0. The van der Waals surface area contributed by atoms with Crippen molar-refractivity contribution in [2.45, 2.75) is 33.7 Å². The molecule has 0 spiro atoms. The molecule has 0 unspecified atom stereocenters. The molecule has 84 valence electrons. The lowest BCUT2D eigenvalue weighted by molar-refractivity contribution is 0.366. The zero-order chi connectivity index (χ0) is 11.3. The summed E-state index contributed by atoms with van der Waals surface area (Å²) in [6, 6.07) is 8.03. The highest BCUT2D eigenvalue weighted by atomic mass is 14.8. The van der Waals surface area contributed by atoms with E-state index in [0.29, 0.717) is 5.41 Å². The molecule has 0 aliphatic carbocycles. The molecule has 3 N–H and O–H groups in total. The van der Waals surface area contributed by atoms with Crippen molar-refractivity contribution in [1.82, 2.24) is 5.32 Å². The van der Waals surface area contributed by atoms with E-state index in [2.05, 4.69) is 32.2 Å². The summed E-state index contributed by atoms with van der Waals surface area (Å²) >= 11 is 0. The Hall–Kier alpha value is -1.02. The second kappa shape index (κ2) is 5.17. The minimum absolute atomic E-state index is 0.405. The average Bonchev–Trinajstić information content (AvgIpc) is 2.11. The Morgan fingerprint density at radius 3 is 2.60 bits per heavy atom. The van der Waals surface area contributed by atoms with Gasteiger partial charge in [0.1, 0.15) is 0 Å². The van der Waals surface area contributed by atoms with Gasteiger partial charge in [0.15, 0.2) is 0 Å². The Labute approximate surface area is 92.9 Å². The molecule has 0 aromatic heterocycles. The van der Waals surface area contributed by atoms with Crippen molar-refractivity contribution in [3.05, 3.63) is 29.8 Å². The van der Waals surface area contributed by atoms with Gasteiger partial charge in [0.05, 0.1) is 0 Å². The van der Waals surface area contributed by atoms with Crippen LogP contribution in [0.3, 0.4) is 0 Å². The third-order valence-corrected chi connectivity index (χ3v) is 2.33. The summed E-state index contributed by atoms with van der Waals surface area (Å²) in [7, 11) is 0. The zero-order valence-corrected chi connectivity index (χ0v) is 10.0. The van der Waals surface area contributed by atoms with Crippen molar-refractivity contribution in [3.8, 4) is 0 Å². The lowest BCUT2D eigenvalue weighted by Crippen LogP contribution is -2.20. The lowest BCUT2D eigenvalue weighted by Gasteiger charge is -2.18. The second-order valence-corrected chi connectivity index (χ2v) is 5.23. The summed E-state index contributed by atoms with van der Waals surface area (Å²) in [6.45, 7) is 8.74. The van der Waals surface area contributed by atoms with Crippen LogP contribution in [0.25, 0.3) is 0 Å². The Bertz CT molecular complexity index is 300. The van der Waals surface area contributed by atoms with E-state index in [1.54, 1.807) is 0 Å². The number of hydrogen-bond donors (Lipinski definition) is 2. The molecule has 15 heavy (non-hydrogen) atoms. The fraction of sp³-hybridized carbons (Fsp3) is 0.538. The van der Waals surface area contributed by atoms with Gasteiger partial charge < -0.3 is 11.1 Å². The molecular formula is C13H22N2. The lowest BCUT2D eigenvalue weighted by atomic mass is 9.92. The van der Waals surface area contributed by atoms with E-state index < -0.39 is 0 Å². The van der Waals surface area contributed by atoms with Crippen molar-refractivity contribution in [3.63, 3.8) is 0 Å². The monoisotopic (exact) mass is 206 g/mol. The van der Waals surface area contributed by atoms with E-state index in [4.69, 9.17) is 5.73 Å². The van der Waals surface area contributed by atoms with Gasteiger partial charge in [0.2, 0.25) is 0 Å². The van der Waals surface area contributed by atoms with Gasteiger partial charge in [0, 0.05) is 12.2 Å². The summed E-state index contributed by atoms with van der Waals surface area (Å²) in [5.41, 5.74) is 8.20. The molecule has 1 rings (SSSR count). The van der Waals surface area contributed by atoms with Crippen molar-refractivity contribution in [1.29, 1.82) is 0 Å². The molecule has 1 aromatic carbocycles. The van der Waals surface area contributed by atoms with E-state index in [-0.39, 0.29) is 0 Å². The number of rotatable bonds is 4. The molecule has 0 radical (unpaired) electrons. The van der Waals surface area contributed by atoms with Crippen LogP contribution in [-0.4, -0.2) is 6.54 Å². The summed E-state index contributed by atoms with van der Waals surface area (Å²) < 4.78 is 0. The molecule has 2 heteroatoms. The molecule has 0 atom stereocenters. The molecule has 0 heterocycles. The normalized spacial score (nSPS) is 11.7. The number of nitrogens with one attached hydrogen (secondary N) is 1. The molecule has 0 aliphatic rings. The molecule has 0 fully saturated rings. The van der Waals surface area contributed by atoms with Gasteiger partial charge in [-0.05, 0) is 36.1 Å². The van der Waals surface area contributed by atoms with E-state index in [1.165, 1.54) is 12.0 Å². The molecule has 0 saturated carbocycles. The number of hydrogen-bond acceptors (Lipinski definition) is 2. The molecule has 0 amide bonds. The minimum Gasteiger partial charge on any atom is -0.399 e. The summed E-state index contributed by atoms with van der Waals surface area (Å²) in [5, 5.41) is 3.43. The van der Waals surface area contributed by atoms with E-state index in [9.17, 15) is 0 Å². The van der Waals surface area contributed by atoms with Crippen LogP contribution in [0.2, 0.25) is 0 Å². The first-order valence-corrected chi connectivity index (χ1v) is 5.52. The molecule has 0 bridgehead atoms. The highest BCUT2D eigenvalue weighted by Crippen LogP contribution is 2.17. The van der Waals surface area contributed by atoms with Crippen LogP contribution in [0.15, 0.2) is 24.3 Å². The maximum atomic E-state index is 5.70. The Morgan fingerprint density at radius 2 is 2.00 bits per heavy atom. The molecular weight excluding hydrogens is 184 g/mol. The van der Waals surface area contributed by atoms with Gasteiger partial charge in [-0.2, -0.15) is 0 Å². The van der Waals surface area contributed by atoms with Crippen LogP contribution in [0.1, 0.15) is 32.8 Å². The second-order valence-electron chi connectivity index (χ2n) is 5.23. The van der Waals surface area contributed by atoms with Crippen LogP contribution in [0.5, 0.6) is 0 Å². The Morgan fingerprint density at radius 1 is 1.27 bits per heavy atom. The average molecular weight is 206 g/mol.